The molecule has 0 fully saturated rings. The summed E-state index contributed by atoms with van der Waals surface area (Å²) in [7, 11) is 1.84. The number of carbonyl (C=O) groups is 1. The van der Waals surface area contributed by atoms with E-state index in [0.717, 1.165) is 16.6 Å². The van der Waals surface area contributed by atoms with E-state index in [4.69, 9.17) is 0 Å². The van der Waals surface area contributed by atoms with Gasteiger partial charge in [0, 0.05) is 23.7 Å². The molecule has 0 N–H and O–H groups in total. The smallest absolute Gasteiger partial charge is 0.162 e. The van der Waals surface area contributed by atoms with Gasteiger partial charge in [-0.25, -0.2) is 4.39 Å². The zero-order valence-corrected chi connectivity index (χ0v) is 8.97. The molecule has 1 aromatic heterocycles. The molecule has 0 aliphatic heterocycles. The molecule has 0 radical (unpaired) electrons. The van der Waals surface area contributed by atoms with E-state index in [1.807, 2.05) is 18.5 Å². The SMILES string of the molecule is CC(=O)c1c(C)n(C)c2cc(F)ccc12. The van der Waals surface area contributed by atoms with E-state index in [1.165, 1.54) is 19.1 Å². The molecule has 3 heteroatoms. The van der Waals surface area contributed by atoms with Gasteiger partial charge in [0.25, 0.3) is 0 Å². The standard InChI is InChI=1S/C12H12FNO/c1-7-12(8(2)15)10-5-4-9(13)6-11(10)14(7)3/h4-6H,1-3H3. The van der Waals surface area contributed by atoms with Crippen molar-refractivity contribution >= 4 is 16.7 Å². The first-order valence-corrected chi connectivity index (χ1v) is 4.78. The maximum Gasteiger partial charge on any atom is 0.162 e. The van der Waals surface area contributed by atoms with Crippen LogP contribution >= 0.6 is 0 Å². The van der Waals surface area contributed by atoms with Crippen LogP contribution in [0.5, 0.6) is 0 Å². The molecular weight excluding hydrogens is 193 g/mol. The lowest BCUT2D eigenvalue weighted by molar-refractivity contribution is 0.101. The maximum absolute atomic E-state index is 13.1. The van der Waals surface area contributed by atoms with Gasteiger partial charge in [0.05, 0.1) is 5.52 Å². The highest BCUT2D eigenvalue weighted by molar-refractivity contribution is 6.08. The van der Waals surface area contributed by atoms with Crippen molar-refractivity contribution in [1.82, 2.24) is 4.57 Å². The number of Topliss-reactive ketones (excluding diaryl/α,β-unsaturated/α-hetero) is 1. The number of aryl methyl sites for hydroxylation is 1. The number of nitrogens with zero attached hydrogens (tertiary/aromatic N) is 1. The summed E-state index contributed by atoms with van der Waals surface area (Å²) in [6.45, 7) is 3.40. The summed E-state index contributed by atoms with van der Waals surface area (Å²) in [5.41, 5.74) is 2.33. The number of rotatable bonds is 1. The predicted octanol–water partition coefficient (Wildman–Crippen LogP) is 2.83. The maximum atomic E-state index is 13.1. The molecule has 0 unspecified atom stereocenters. The monoisotopic (exact) mass is 205 g/mol. The third-order valence-corrected chi connectivity index (χ3v) is 2.81. The summed E-state index contributed by atoms with van der Waals surface area (Å²) in [4.78, 5) is 11.5. The summed E-state index contributed by atoms with van der Waals surface area (Å²) in [5.74, 6) is -0.261. The van der Waals surface area contributed by atoms with Gasteiger partial charge in [-0.15, -0.1) is 0 Å². The molecule has 0 aliphatic carbocycles. The highest BCUT2D eigenvalue weighted by Crippen LogP contribution is 2.25. The van der Waals surface area contributed by atoms with Crippen LogP contribution in [-0.2, 0) is 7.05 Å². The zero-order chi connectivity index (χ0) is 11.2. The van der Waals surface area contributed by atoms with Gasteiger partial charge in [0.1, 0.15) is 5.82 Å². The first-order chi connectivity index (χ1) is 7.02. The fourth-order valence-corrected chi connectivity index (χ4v) is 1.98. The lowest BCUT2D eigenvalue weighted by Crippen LogP contribution is -1.96. The van der Waals surface area contributed by atoms with Gasteiger partial charge < -0.3 is 4.57 Å². The van der Waals surface area contributed by atoms with Crippen LogP contribution in [0.15, 0.2) is 18.2 Å². The Bertz CT molecular complexity index is 554. The van der Waals surface area contributed by atoms with Gasteiger partial charge in [0.15, 0.2) is 5.78 Å². The Morgan fingerprint density at radius 3 is 2.67 bits per heavy atom. The second-order valence-electron chi connectivity index (χ2n) is 3.74. The lowest BCUT2D eigenvalue weighted by Gasteiger charge is -1.97. The Kier molecular flexibility index (Phi) is 2.11. The van der Waals surface area contributed by atoms with Gasteiger partial charge in [0.2, 0.25) is 0 Å². The van der Waals surface area contributed by atoms with Gasteiger partial charge in [-0.2, -0.15) is 0 Å². The Morgan fingerprint density at radius 1 is 1.40 bits per heavy atom. The van der Waals surface area contributed by atoms with E-state index < -0.39 is 0 Å². The normalized spacial score (nSPS) is 10.9. The van der Waals surface area contributed by atoms with Crippen LogP contribution in [0.2, 0.25) is 0 Å². The van der Waals surface area contributed by atoms with Crippen LogP contribution in [0.3, 0.4) is 0 Å². The lowest BCUT2D eigenvalue weighted by atomic mass is 10.1. The van der Waals surface area contributed by atoms with Crippen molar-refractivity contribution < 1.29 is 9.18 Å². The first-order valence-electron chi connectivity index (χ1n) is 4.78. The molecule has 0 amide bonds. The van der Waals surface area contributed by atoms with Crippen molar-refractivity contribution in [2.75, 3.05) is 0 Å². The van der Waals surface area contributed by atoms with E-state index in [1.54, 1.807) is 6.07 Å². The average Bonchev–Trinajstić information content (AvgIpc) is 2.41. The van der Waals surface area contributed by atoms with Crippen LogP contribution in [0, 0.1) is 12.7 Å². The molecule has 1 heterocycles. The number of carbonyl (C=O) groups excluding carboxylic acids is 1. The number of hydrogen-bond acceptors (Lipinski definition) is 1. The first kappa shape index (κ1) is 9.90. The summed E-state index contributed by atoms with van der Waals surface area (Å²) in [5, 5.41) is 0.823. The van der Waals surface area contributed by atoms with Crippen LogP contribution in [0.25, 0.3) is 10.9 Å². The van der Waals surface area contributed by atoms with Gasteiger partial charge in [-0.3, -0.25) is 4.79 Å². The molecule has 2 aromatic rings. The summed E-state index contributed by atoms with van der Waals surface area (Å²) in [6.07, 6.45) is 0. The second-order valence-corrected chi connectivity index (χ2v) is 3.74. The molecular formula is C12H12FNO. The zero-order valence-electron chi connectivity index (χ0n) is 8.97. The number of hydrogen-bond donors (Lipinski definition) is 0. The third kappa shape index (κ3) is 1.35. The molecule has 0 bridgehead atoms. The fraction of sp³-hybridized carbons (Fsp3) is 0.250. The van der Waals surface area contributed by atoms with E-state index in [0.29, 0.717) is 5.56 Å². The van der Waals surface area contributed by atoms with Crippen LogP contribution in [-0.4, -0.2) is 10.4 Å². The highest BCUT2D eigenvalue weighted by Gasteiger charge is 2.15. The molecule has 78 valence electrons. The highest BCUT2D eigenvalue weighted by atomic mass is 19.1. The van der Waals surface area contributed by atoms with E-state index in [2.05, 4.69) is 0 Å². The van der Waals surface area contributed by atoms with Gasteiger partial charge in [-0.05, 0) is 32.0 Å². The van der Waals surface area contributed by atoms with Crippen molar-refractivity contribution in [1.29, 1.82) is 0 Å². The summed E-state index contributed by atoms with van der Waals surface area (Å²) < 4.78 is 14.9. The van der Waals surface area contributed by atoms with Gasteiger partial charge >= 0.3 is 0 Å². The molecule has 1 aromatic carbocycles. The number of ketones is 1. The van der Waals surface area contributed by atoms with E-state index >= 15 is 0 Å². The third-order valence-electron chi connectivity index (χ3n) is 2.81. The number of benzene rings is 1. The number of fused-ring (bicyclic) bond motifs is 1. The molecule has 2 nitrogen and oxygen atoms in total. The summed E-state index contributed by atoms with van der Waals surface area (Å²) in [6, 6.07) is 4.50. The Labute approximate surface area is 87.3 Å². The summed E-state index contributed by atoms with van der Waals surface area (Å²) >= 11 is 0. The molecule has 0 saturated heterocycles. The molecule has 2 rings (SSSR count). The van der Waals surface area contributed by atoms with E-state index in [-0.39, 0.29) is 11.6 Å². The average molecular weight is 205 g/mol. The van der Waals surface area contributed by atoms with Crippen LogP contribution in [0.4, 0.5) is 4.39 Å². The minimum absolute atomic E-state index is 0.0182. The topological polar surface area (TPSA) is 22.0 Å². The minimum Gasteiger partial charge on any atom is -0.347 e. The van der Waals surface area contributed by atoms with Crippen molar-refractivity contribution in [2.45, 2.75) is 13.8 Å². The molecule has 0 atom stereocenters. The van der Waals surface area contributed by atoms with Crippen molar-refractivity contribution in [3.63, 3.8) is 0 Å². The number of halogens is 1. The molecule has 0 aliphatic rings. The molecule has 0 saturated carbocycles. The van der Waals surface area contributed by atoms with Gasteiger partial charge in [-0.1, -0.05) is 0 Å². The Morgan fingerprint density at radius 2 is 2.07 bits per heavy atom. The van der Waals surface area contributed by atoms with Crippen LogP contribution < -0.4 is 0 Å². The predicted molar refractivity (Wildman–Crippen MR) is 57.6 cm³/mol. The van der Waals surface area contributed by atoms with Crippen molar-refractivity contribution in [2.24, 2.45) is 7.05 Å². The Hall–Kier alpha value is -1.64. The quantitative estimate of drug-likeness (QED) is 0.656. The van der Waals surface area contributed by atoms with Crippen LogP contribution in [0.1, 0.15) is 23.0 Å². The van der Waals surface area contributed by atoms with Crippen molar-refractivity contribution in [3.8, 4) is 0 Å². The van der Waals surface area contributed by atoms with Crippen molar-refractivity contribution in [3.05, 3.63) is 35.3 Å². The minimum atomic E-state index is -0.279. The second kappa shape index (κ2) is 3.19. The van der Waals surface area contributed by atoms with E-state index in [9.17, 15) is 9.18 Å². The molecule has 15 heavy (non-hydrogen) atoms. The largest absolute Gasteiger partial charge is 0.347 e. The molecule has 0 spiro atoms. The fourth-order valence-electron chi connectivity index (χ4n) is 1.98. The number of aromatic nitrogens is 1. The Balaban J connectivity index is 2.93.